The molecule has 0 radical (unpaired) electrons. The van der Waals surface area contributed by atoms with Crippen LogP contribution in [0.15, 0.2) is 0 Å². The van der Waals surface area contributed by atoms with Crippen molar-refractivity contribution >= 4 is 30.7 Å². The van der Waals surface area contributed by atoms with E-state index in [1.165, 1.54) is 82.8 Å². The molecule has 24 heavy (non-hydrogen) atoms. The van der Waals surface area contributed by atoms with Crippen LogP contribution in [0.2, 0.25) is 0 Å². The summed E-state index contributed by atoms with van der Waals surface area (Å²) in [6.45, 7) is 3.26. The van der Waals surface area contributed by atoms with Gasteiger partial charge in [-0.25, -0.2) is 0 Å². The Morgan fingerprint density at radius 3 is 2.00 bits per heavy atom. The molecule has 2 saturated carbocycles. The molecule has 2 aliphatic carbocycles. The minimum atomic E-state index is -0.233. The Kier molecular flexibility index (Phi) is 8.41. The van der Waals surface area contributed by atoms with Crippen LogP contribution < -0.4 is 0 Å². The average molecular weight is 389 g/mol. The quantitative estimate of drug-likeness (QED) is 0.381. The normalized spacial score (nSPS) is 41.2. The molecule has 0 N–H and O–H groups in total. The van der Waals surface area contributed by atoms with Crippen LogP contribution in [0.3, 0.4) is 0 Å². The summed E-state index contributed by atoms with van der Waals surface area (Å²) in [7, 11) is 1.64. The van der Waals surface area contributed by atoms with E-state index >= 15 is 0 Å². The lowest BCUT2D eigenvalue weighted by Gasteiger charge is -2.40. The van der Waals surface area contributed by atoms with Crippen LogP contribution in [0.5, 0.6) is 0 Å². The van der Waals surface area contributed by atoms with Gasteiger partial charge in [-0.2, -0.15) is 0 Å². The van der Waals surface area contributed by atoms with Crippen molar-refractivity contribution in [1.82, 2.24) is 0 Å². The lowest BCUT2D eigenvalue weighted by molar-refractivity contribution is 0.114. The fourth-order valence-corrected chi connectivity index (χ4v) is 8.26. The minimum absolute atomic E-state index is 0.233. The van der Waals surface area contributed by atoms with Gasteiger partial charge < -0.3 is 4.18 Å². The number of hydrogen-bond acceptors (Lipinski definition) is 3. The van der Waals surface area contributed by atoms with E-state index in [2.05, 4.69) is 6.92 Å². The zero-order chi connectivity index (χ0) is 16.8. The first-order valence-electron chi connectivity index (χ1n) is 10.4. The zero-order valence-corrected chi connectivity index (χ0v) is 17.9. The van der Waals surface area contributed by atoms with E-state index in [4.69, 9.17) is 15.4 Å². The van der Waals surface area contributed by atoms with Crippen LogP contribution in [0.25, 0.3) is 0 Å². The zero-order valence-electron chi connectivity index (χ0n) is 15.4. The highest BCUT2D eigenvalue weighted by atomic mass is 33.3. The third-order valence-electron chi connectivity index (χ3n) is 7.01. The highest BCUT2D eigenvalue weighted by Gasteiger charge is 2.34. The van der Waals surface area contributed by atoms with E-state index in [1.54, 1.807) is 0 Å². The summed E-state index contributed by atoms with van der Waals surface area (Å²) < 4.78 is 5.74. The molecule has 3 fully saturated rings. The van der Waals surface area contributed by atoms with Crippen LogP contribution >= 0.6 is 10.8 Å². The molecule has 1 heterocycles. The molecule has 2 atom stereocenters. The maximum absolute atomic E-state index is 5.74. The summed E-state index contributed by atoms with van der Waals surface area (Å²) in [5.41, 5.74) is 0. The van der Waals surface area contributed by atoms with Crippen LogP contribution in [-0.2, 0) is 24.1 Å². The van der Waals surface area contributed by atoms with Gasteiger partial charge in [0, 0.05) is 5.75 Å². The second kappa shape index (κ2) is 10.3. The van der Waals surface area contributed by atoms with Crippen molar-refractivity contribution in [2.24, 2.45) is 29.6 Å². The van der Waals surface area contributed by atoms with Gasteiger partial charge in [0.05, 0.1) is 15.4 Å². The summed E-state index contributed by atoms with van der Waals surface area (Å²) in [4.78, 5) is 0. The third-order valence-corrected chi connectivity index (χ3v) is 10.5. The Bertz CT molecular complexity index is 374. The Hall–Kier alpha value is 0.880. The number of hydrogen-bond donors (Lipinski definition) is 0. The molecular weight excluding hydrogens is 352 g/mol. The van der Waals surface area contributed by atoms with Gasteiger partial charge >= 0.3 is 0 Å². The molecule has 0 amide bonds. The molecule has 0 aromatic heterocycles. The molecule has 140 valence electrons. The largest absolute Gasteiger partial charge is 0.303 e. The van der Waals surface area contributed by atoms with E-state index in [9.17, 15) is 0 Å². The molecule has 2 unspecified atom stereocenters. The molecule has 1 nitrogen and oxygen atoms in total. The molecule has 0 aromatic rings. The van der Waals surface area contributed by atoms with Crippen LogP contribution in [0, 0.1) is 29.6 Å². The highest BCUT2D eigenvalue weighted by Crippen LogP contribution is 2.44. The van der Waals surface area contributed by atoms with Gasteiger partial charge in [0.2, 0.25) is 0 Å². The Balaban J connectivity index is 1.34. The fraction of sp³-hybridized carbons (Fsp3) is 1.00. The smallest absolute Gasteiger partial charge is 0.0683 e. The second-order valence-electron chi connectivity index (χ2n) is 8.48. The van der Waals surface area contributed by atoms with Crippen molar-refractivity contribution in [2.45, 2.75) is 84.0 Å². The van der Waals surface area contributed by atoms with Gasteiger partial charge in [-0.15, -0.1) is 0 Å². The van der Waals surface area contributed by atoms with Crippen molar-refractivity contribution < 1.29 is 4.18 Å². The van der Waals surface area contributed by atoms with Gasteiger partial charge in [0.25, 0.3) is 0 Å². The predicted octanol–water partition coefficient (Wildman–Crippen LogP) is 6.47. The Morgan fingerprint density at radius 2 is 1.46 bits per heavy atom. The van der Waals surface area contributed by atoms with E-state index < -0.39 is 0 Å². The predicted molar refractivity (Wildman–Crippen MR) is 112 cm³/mol. The van der Waals surface area contributed by atoms with Crippen LogP contribution in [0.4, 0.5) is 0 Å². The molecule has 3 rings (SSSR count). The summed E-state index contributed by atoms with van der Waals surface area (Å²) in [6, 6.07) is 0. The highest BCUT2D eigenvalue weighted by molar-refractivity contribution is 8.81. The maximum Gasteiger partial charge on any atom is 0.0683 e. The second-order valence-corrected chi connectivity index (χ2v) is 12.9. The lowest BCUT2D eigenvalue weighted by Crippen LogP contribution is -2.32. The summed E-state index contributed by atoms with van der Waals surface area (Å²) in [5, 5.41) is 0. The molecular formula is C20H36OS3. The fourth-order valence-electron chi connectivity index (χ4n) is 5.36. The van der Waals surface area contributed by atoms with E-state index in [1.807, 2.05) is 10.8 Å². The van der Waals surface area contributed by atoms with Crippen molar-refractivity contribution in [2.75, 3.05) is 12.4 Å². The first-order valence-corrected chi connectivity index (χ1v) is 14.0. The van der Waals surface area contributed by atoms with Crippen molar-refractivity contribution in [3.8, 4) is 0 Å². The maximum atomic E-state index is 5.74. The molecule has 0 aromatic carbocycles. The van der Waals surface area contributed by atoms with Gasteiger partial charge in [0.15, 0.2) is 0 Å². The van der Waals surface area contributed by atoms with Crippen LogP contribution in [0.1, 0.15) is 84.0 Å². The SMILES string of the molecule is CCCCCC1CCC(C2CCC(C3COS(=S)SC3)CC2)CC1. The lowest BCUT2D eigenvalue weighted by atomic mass is 9.67. The van der Waals surface area contributed by atoms with E-state index in [-0.39, 0.29) is 8.77 Å². The first kappa shape index (κ1) is 19.6. The third kappa shape index (κ3) is 5.69. The summed E-state index contributed by atoms with van der Waals surface area (Å²) >= 11 is 5.26. The number of rotatable bonds is 6. The molecule has 0 bridgehead atoms. The molecule has 0 spiro atoms. The summed E-state index contributed by atoms with van der Waals surface area (Å²) in [6.07, 6.45) is 17.8. The van der Waals surface area contributed by atoms with Crippen molar-refractivity contribution in [3.05, 3.63) is 0 Å². The average Bonchev–Trinajstić information content (AvgIpc) is 2.63. The standard InChI is InChI=1S/C20H36OS3/c1-2-3-4-5-16-6-8-17(9-7-16)18-10-12-19(13-11-18)20-14-21-24(22)23-15-20/h16-20H,2-15H2,1H3. The molecule has 4 heteroatoms. The Labute approximate surface area is 160 Å². The van der Waals surface area contributed by atoms with Crippen LogP contribution in [-0.4, -0.2) is 12.4 Å². The van der Waals surface area contributed by atoms with Gasteiger partial charge in [-0.1, -0.05) is 56.2 Å². The topological polar surface area (TPSA) is 9.23 Å². The van der Waals surface area contributed by atoms with Crippen molar-refractivity contribution in [1.29, 1.82) is 0 Å². The minimum Gasteiger partial charge on any atom is -0.303 e. The molecule has 1 aliphatic heterocycles. The van der Waals surface area contributed by atoms with Gasteiger partial charge in [-0.05, 0) is 79.3 Å². The van der Waals surface area contributed by atoms with Gasteiger partial charge in [-0.3, -0.25) is 0 Å². The summed E-state index contributed by atoms with van der Waals surface area (Å²) in [5.74, 6) is 6.13. The monoisotopic (exact) mass is 388 g/mol. The van der Waals surface area contributed by atoms with Gasteiger partial charge in [0.1, 0.15) is 0 Å². The Morgan fingerprint density at radius 1 is 0.875 bits per heavy atom. The van der Waals surface area contributed by atoms with E-state index in [0.717, 1.165) is 36.2 Å². The van der Waals surface area contributed by atoms with E-state index in [0.29, 0.717) is 0 Å². The molecule has 3 aliphatic rings. The number of unbranched alkanes of at least 4 members (excludes halogenated alkanes) is 2. The van der Waals surface area contributed by atoms with Crippen molar-refractivity contribution in [3.63, 3.8) is 0 Å². The first-order chi connectivity index (χ1) is 11.8. The molecule has 1 saturated heterocycles.